The molecule has 6 nitrogen and oxygen atoms in total. The minimum absolute atomic E-state index is 0.132. The van der Waals surface area contributed by atoms with Gasteiger partial charge in [0.25, 0.3) is 5.91 Å². The molecule has 2 N–H and O–H groups in total. The Morgan fingerprint density at radius 3 is 2.62 bits per heavy atom. The Hall–Kier alpha value is -3.20. The minimum Gasteiger partial charge on any atom is -0.357 e. The maximum atomic E-state index is 13.6. The van der Waals surface area contributed by atoms with Crippen LogP contribution in [0.1, 0.15) is 22.0 Å². The van der Waals surface area contributed by atoms with Crippen molar-refractivity contribution in [2.24, 2.45) is 0 Å². The first-order chi connectivity index (χ1) is 13.9. The van der Waals surface area contributed by atoms with Crippen LogP contribution in [0.3, 0.4) is 0 Å². The lowest BCUT2D eigenvalue weighted by Gasteiger charge is -2.18. The smallest absolute Gasteiger partial charge is 0.252 e. The summed E-state index contributed by atoms with van der Waals surface area (Å²) < 4.78 is 28.7. The van der Waals surface area contributed by atoms with Crippen LogP contribution >= 0.6 is 11.8 Å². The number of nitrogens with one attached hydrogen (secondary N) is 2. The highest BCUT2D eigenvalue weighted by Gasteiger charge is 2.24. The van der Waals surface area contributed by atoms with E-state index in [0.717, 1.165) is 23.0 Å². The largest absolute Gasteiger partial charge is 0.357 e. The number of rotatable bonds is 6. The molecule has 0 aliphatic rings. The second-order valence-corrected chi connectivity index (χ2v) is 6.80. The van der Waals surface area contributed by atoms with Gasteiger partial charge in [-0.1, -0.05) is 23.9 Å². The number of halogens is 2. The maximum Gasteiger partial charge on any atom is 0.252 e. The average Bonchev–Trinajstić information content (AvgIpc) is 3.22. The first-order valence-electron chi connectivity index (χ1n) is 8.59. The first kappa shape index (κ1) is 20.5. The van der Waals surface area contributed by atoms with E-state index in [0.29, 0.717) is 5.56 Å². The molecule has 150 valence electrons. The van der Waals surface area contributed by atoms with Gasteiger partial charge in [-0.3, -0.25) is 14.2 Å². The van der Waals surface area contributed by atoms with Gasteiger partial charge in [-0.15, -0.1) is 0 Å². The van der Waals surface area contributed by atoms with E-state index < -0.39 is 29.5 Å². The third-order valence-electron chi connectivity index (χ3n) is 4.24. The highest BCUT2D eigenvalue weighted by atomic mass is 32.2. The predicted molar refractivity (Wildman–Crippen MR) is 106 cm³/mol. The van der Waals surface area contributed by atoms with Gasteiger partial charge in [0.15, 0.2) is 16.8 Å². The lowest BCUT2D eigenvalue weighted by molar-refractivity contribution is -0.122. The normalized spacial score (nSPS) is 11.7. The molecule has 9 heteroatoms. The Balaban J connectivity index is 1.89. The Bertz CT molecular complexity index is 1050. The topological polar surface area (TPSA) is 76.0 Å². The van der Waals surface area contributed by atoms with Gasteiger partial charge < -0.3 is 10.6 Å². The zero-order chi connectivity index (χ0) is 21.0. The highest BCUT2D eigenvalue weighted by Crippen LogP contribution is 2.21. The van der Waals surface area contributed by atoms with Crippen LogP contribution in [0, 0.1) is 11.6 Å². The quantitative estimate of drug-likeness (QED) is 0.606. The van der Waals surface area contributed by atoms with Gasteiger partial charge in [0.2, 0.25) is 5.91 Å². The number of carbonyl (C=O) groups is 2. The molecule has 2 amide bonds. The van der Waals surface area contributed by atoms with Crippen LogP contribution in [0.2, 0.25) is 0 Å². The lowest BCUT2D eigenvalue weighted by atomic mass is 10.0. The van der Waals surface area contributed by atoms with Crippen molar-refractivity contribution in [2.45, 2.75) is 11.2 Å². The van der Waals surface area contributed by atoms with E-state index in [1.165, 1.54) is 24.9 Å². The fourth-order valence-corrected chi connectivity index (χ4v) is 3.31. The number of amides is 2. The first-order valence-corrected chi connectivity index (χ1v) is 9.82. The summed E-state index contributed by atoms with van der Waals surface area (Å²) in [5, 5.41) is 5.75. The SMILES string of the molecule is CNC(=O)C(NC(=O)c1cccc(-n2ccnc2SC)c1)c1ccc(F)c(F)c1. The van der Waals surface area contributed by atoms with Crippen molar-refractivity contribution in [1.29, 1.82) is 0 Å². The van der Waals surface area contributed by atoms with Gasteiger partial charge >= 0.3 is 0 Å². The van der Waals surface area contributed by atoms with Crippen molar-refractivity contribution in [2.75, 3.05) is 13.3 Å². The molecule has 1 atom stereocenters. The summed E-state index contributed by atoms with van der Waals surface area (Å²) in [6.07, 6.45) is 5.33. The summed E-state index contributed by atoms with van der Waals surface area (Å²) in [4.78, 5) is 29.3. The number of nitrogens with zero attached hydrogens (tertiary/aromatic N) is 2. The van der Waals surface area contributed by atoms with Crippen LogP contribution in [0.4, 0.5) is 8.78 Å². The van der Waals surface area contributed by atoms with Gasteiger partial charge in [-0.2, -0.15) is 0 Å². The number of carbonyl (C=O) groups excluding carboxylic acids is 2. The number of thioether (sulfide) groups is 1. The molecule has 1 aromatic heterocycles. The molecule has 0 aliphatic carbocycles. The molecule has 2 aromatic carbocycles. The Labute approximate surface area is 170 Å². The van der Waals surface area contributed by atoms with Crippen LogP contribution in [0.5, 0.6) is 0 Å². The molecule has 0 saturated carbocycles. The van der Waals surface area contributed by atoms with Gasteiger partial charge in [0, 0.05) is 30.7 Å². The third-order valence-corrected chi connectivity index (χ3v) is 4.90. The molecule has 0 fully saturated rings. The zero-order valence-electron chi connectivity index (χ0n) is 15.6. The van der Waals surface area contributed by atoms with E-state index in [4.69, 9.17) is 0 Å². The number of aromatic nitrogens is 2. The number of benzene rings is 2. The summed E-state index contributed by atoms with van der Waals surface area (Å²) in [7, 11) is 1.39. The molecule has 3 rings (SSSR count). The van der Waals surface area contributed by atoms with Crippen LogP contribution in [0.15, 0.2) is 60.0 Å². The fraction of sp³-hybridized carbons (Fsp3) is 0.150. The molecule has 3 aromatic rings. The Morgan fingerprint density at radius 2 is 1.93 bits per heavy atom. The molecular formula is C20H18F2N4O2S. The van der Waals surface area contributed by atoms with Gasteiger partial charge in [-0.05, 0) is 42.2 Å². The molecule has 1 unspecified atom stereocenters. The molecule has 0 saturated heterocycles. The van der Waals surface area contributed by atoms with E-state index in [9.17, 15) is 18.4 Å². The van der Waals surface area contributed by atoms with Gasteiger partial charge in [0.05, 0.1) is 0 Å². The second-order valence-electron chi connectivity index (χ2n) is 6.03. The fourth-order valence-electron chi connectivity index (χ4n) is 2.79. The Kier molecular flexibility index (Phi) is 6.28. The number of imidazole rings is 1. The van der Waals surface area contributed by atoms with E-state index in [1.54, 1.807) is 30.6 Å². The van der Waals surface area contributed by atoms with E-state index in [2.05, 4.69) is 15.6 Å². The van der Waals surface area contributed by atoms with Crippen molar-refractivity contribution in [1.82, 2.24) is 20.2 Å². The molecule has 0 spiro atoms. The summed E-state index contributed by atoms with van der Waals surface area (Å²) >= 11 is 1.46. The molecule has 29 heavy (non-hydrogen) atoms. The summed E-state index contributed by atoms with van der Waals surface area (Å²) in [6, 6.07) is 8.67. The number of hydrogen-bond donors (Lipinski definition) is 2. The van der Waals surface area contributed by atoms with Crippen molar-refractivity contribution in [3.8, 4) is 5.69 Å². The second kappa shape index (κ2) is 8.87. The maximum absolute atomic E-state index is 13.6. The molecule has 0 radical (unpaired) electrons. The predicted octanol–water partition coefficient (Wildman–Crippen LogP) is 3.09. The molecule has 0 bridgehead atoms. The molecular weight excluding hydrogens is 398 g/mol. The standard InChI is InChI=1S/C20H18F2N4O2S/c1-23-19(28)17(12-6-7-15(21)16(22)11-12)25-18(27)13-4-3-5-14(10-13)26-9-8-24-20(26)29-2/h3-11,17H,1-2H3,(H,23,28)(H,25,27). The van der Waals surface area contributed by atoms with Crippen LogP contribution in [0.25, 0.3) is 5.69 Å². The van der Waals surface area contributed by atoms with Gasteiger partial charge in [-0.25, -0.2) is 13.8 Å². The molecule has 1 heterocycles. The highest BCUT2D eigenvalue weighted by molar-refractivity contribution is 7.98. The van der Waals surface area contributed by atoms with Crippen LogP contribution < -0.4 is 10.6 Å². The average molecular weight is 416 g/mol. The van der Waals surface area contributed by atoms with E-state index >= 15 is 0 Å². The van der Waals surface area contributed by atoms with Crippen molar-refractivity contribution in [3.05, 3.63) is 77.6 Å². The summed E-state index contributed by atoms with van der Waals surface area (Å²) in [5.74, 6) is -3.22. The molecule has 0 aliphatic heterocycles. The monoisotopic (exact) mass is 416 g/mol. The van der Waals surface area contributed by atoms with Gasteiger partial charge in [0.1, 0.15) is 6.04 Å². The number of likely N-dealkylation sites (N-methyl/N-ethyl adjacent to an activating group) is 1. The Morgan fingerprint density at radius 1 is 1.14 bits per heavy atom. The van der Waals surface area contributed by atoms with Crippen LogP contribution in [-0.4, -0.2) is 34.7 Å². The lowest BCUT2D eigenvalue weighted by Crippen LogP contribution is -2.39. The van der Waals surface area contributed by atoms with Crippen molar-refractivity contribution < 1.29 is 18.4 Å². The summed E-state index contributed by atoms with van der Waals surface area (Å²) in [6.45, 7) is 0. The van der Waals surface area contributed by atoms with Crippen molar-refractivity contribution in [3.63, 3.8) is 0 Å². The van der Waals surface area contributed by atoms with Crippen LogP contribution in [-0.2, 0) is 4.79 Å². The van der Waals surface area contributed by atoms with E-state index in [1.807, 2.05) is 16.9 Å². The summed E-state index contributed by atoms with van der Waals surface area (Å²) in [5.41, 5.74) is 1.16. The van der Waals surface area contributed by atoms with Crippen molar-refractivity contribution >= 4 is 23.6 Å². The minimum atomic E-state index is -1.18. The van der Waals surface area contributed by atoms with E-state index in [-0.39, 0.29) is 5.56 Å². The third kappa shape index (κ3) is 4.45. The number of hydrogen-bond acceptors (Lipinski definition) is 4. The zero-order valence-corrected chi connectivity index (χ0v) is 16.5.